The van der Waals surface area contributed by atoms with Gasteiger partial charge in [-0.25, -0.2) is 4.39 Å². The summed E-state index contributed by atoms with van der Waals surface area (Å²) in [5, 5.41) is 3.59. The number of nitrogens with one attached hydrogen (secondary N) is 1. The lowest BCUT2D eigenvalue weighted by Gasteiger charge is -2.12. The maximum absolute atomic E-state index is 13.2. The molecule has 0 aliphatic heterocycles. The van der Waals surface area contributed by atoms with Crippen molar-refractivity contribution in [2.45, 2.75) is 6.54 Å². The van der Waals surface area contributed by atoms with Gasteiger partial charge in [0.15, 0.2) is 0 Å². The summed E-state index contributed by atoms with van der Waals surface area (Å²) in [6.45, 7) is 4.56. The molecule has 0 saturated heterocycles. The summed E-state index contributed by atoms with van der Waals surface area (Å²) >= 11 is 6.01. The molecule has 2 rings (SSSR count). The summed E-state index contributed by atoms with van der Waals surface area (Å²) in [5.74, 6) is 0.445. The van der Waals surface area contributed by atoms with Crippen LogP contribution in [0.5, 0.6) is 5.75 Å². The normalized spacial score (nSPS) is 10.1. The molecule has 0 atom stereocenters. The van der Waals surface area contributed by atoms with Crippen molar-refractivity contribution < 1.29 is 9.13 Å². The van der Waals surface area contributed by atoms with Gasteiger partial charge >= 0.3 is 0 Å². The van der Waals surface area contributed by atoms with Gasteiger partial charge in [0.1, 0.15) is 18.2 Å². The van der Waals surface area contributed by atoms with Crippen molar-refractivity contribution in [1.29, 1.82) is 0 Å². The van der Waals surface area contributed by atoms with Crippen LogP contribution in [0.4, 0.5) is 10.1 Å². The minimum Gasteiger partial charge on any atom is -0.489 e. The molecule has 0 amide bonds. The van der Waals surface area contributed by atoms with Crippen molar-refractivity contribution in [3.8, 4) is 5.75 Å². The van der Waals surface area contributed by atoms with E-state index in [-0.39, 0.29) is 5.82 Å². The van der Waals surface area contributed by atoms with Gasteiger partial charge in [0.25, 0.3) is 0 Å². The van der Waals surface area contributed by atoms with E-state index in [9.17, 15) is 4.39 Å². The topological polar surface area (TPSA) is 21.3 Å². The van der Waals surface area contributed by atoms with Crippen LogP contribution in [0.3, 0.4) is 0 Å². The lowest BCUT2D eigenvalue weighted by atomic mass is 10.2. The maximum atomic E-state index is 13.2. The van der Waals surface area contributed by atoms with E-state index in [2.05, 4.69) is 11.9 Å². The third kappa shape index (κ3) is 3.75. The second-order valence-electron chi connectivity index (χ2n) is 4.19. The molecule has 20 heavy (non-hydrogen) atoms. The Morgan fingerprint density at radius 3 is 2.85 bits per heavy atom. The third-order valence-corrected chi connectivity index (χ3v) is 3.06. The van der Waals surface area contributed by atoms with Crippen LogP contribution in [0.1, 0.15) is 5.56 Å². The predicted molar refractivity (Wildman–Crippen MR) is 80.9 cm³/mol. The van der Waals surface area contributed by atoms with E-state index in [1.165, 1.54) is 18.2 Å². The van der Waals surface area contributed by atoms with Gasteiger partial charge in [-0.1, -0.05) is 42.5 Å². The Kier molecular flexibility index (Phi) is 5.02. The van der Waals surface area contributed by atoms with E-state index in [0.717, 1.165) is 11.3 Å². The molecule has 1 N–H and O–H groups in total. The van der Waals surface area contributed by atoms with Crippen molar-refractivity contribution in [2.75, 3.05) is 11.9 Å². The monoisotopic (exact) mass is 291 g/mol. The average Bonchev–Trinajstić information content (AvgIpc) is 2.47. The van der Waals surface area contributed by atoms with Gasteiger partial charge in [-0.2, -0.15) is 0 Å². The molecule has 0 heterocycles. The van der Waals surface area contributed by atoms with Crippen LogP contribution in [0.15, 0.2) is 55.1 Å². The molecular weight excluding hydrogens is 277 g/mol. The number of rotatable bonds is 6. The molecule has 0 bridgehead atoms. The van der Waals surface area contributed by atoms with E-state index in [1.807, 2.05) is 24.3 Å². The van der Waals surface area contributed by atoms with Gasteiger partial charge in [0.2, 0.25) is 0 Å². The highest BCUT2D eigenvalue weighted by atomic mass is 35.5. The molecule has 104 valence electrons. The lowest BCUT2D eigenvalue weighted by molar-refractivity contribution is 0.359. The second-order valence-corrected chi connectivity index (χ2v) is 4.59. The molecule has 0 fully saturated rings. The fraction of sp³-hybridized carbons (Fsp3) is 0.125. The Hall–Kier alpha value is -2.00. The first-order valence-electron chi connectivity index (χ1n) is 6.21. The highest BCUT2D eigenvalue weighted by Gasteiger charge is 2.05. The van der Waals surface area contributed by atoms with E-state index in [1.54, 1.807) is 6.08 Å². The molecule has 2 nitrogen and oxygen atoms in total. The quantitative estimate of drug-likeness (QED) is 0.782. The minimum absolute atomic E-state index is 0.326. The predicted octanol–water partition coefficient (Wildman–Crippen LogP) is 4.66. The SMILES string of the molecule is C=CCOc1ccccc1CNc1cc(F)ccc1Cl. The first kappa shape index (κ1) is 14.4. The highest BCUT2D eigenvalue weighted by Crippen LogP contribution is 2.25. The van der Waals surface area contributed by atoms with Crippen molar-refractivity contribution in [3.05, 3.63) is 71.5 Å². The van der Waals surface area contributed by atoms with E-state index in [0.29, 0.717) is 23.9 Å². The van der Waals surface area contributed by atoms with Crippen LogP contribution < -0.4 is 10.1 Å². The number of ether oxygens (including phenoxy) is 1. The molecular formula is C16H15ClFNO. The van der Waals surface area contributed by atoms with Crippen molar-refractivity contribution in [3.63, 3.8) is 0 Å². The molecule has 0 aliphatic carbocycles. The standard InChI is InChI=1S/C16H15ClFNO/c1-2-9-20-16-6-4-3-5-12(16)11-19-15-10-13(18)7-8-14(15)17/h2-8,10,19H,1,9,11H2. The molecule has 4 heteroatoms. The molecule has 0 saturated carbocycles. The Morgan fingerprint density at radius 1 is 1.25 bits per heavy atom. The van der Waals surface area contributed by atoms with Gasteiger partial charge in [-0.05, 0) is 24.3 Å². The van der Waals surface area contributed by atoms with Crippen LogP contribution in [0.2, 0.25) is 5.02 Å². The van der Waals surface area contributed by atoms with Gasteiger partial charge in [-0.3, -0.25) is 0 Å². The summed E-state index contributed by atoms with van der Waals surface area (Å²) in [4.78, 5) is 0. The van der Waals surface area contributed by atoms with Crippen LogP contribution in [-0.2, 0) is 6.54 Å². The smallest absolute Gasteiger partial charge is 0.125 e. The van der Waals surface area contributed by atoms with Crippen molar-refractivity contribution in [2.24, 2.45) is 0 Å². The fourth-order valence-electron chi connectivity index (χ4n) is 1.76. The average molecular weight is 292 g/mol. The number of halogens is 2. The van der Waals surface area contributed by atoms with Crippen LogP contribution in [0.25, 0.3) is 0 Å². The molecule has 0 aromatic heterocycles. The summed E-state index contributed by atoms with van der Waals surface area (Å²) in [7, 11) is 0. The molecule has 0 spiro atoms. The maximum Gasteiger partial charge on any atom is 0.125 e. The summed E-state index contributed by atoms with van der Waals surface area (Å²) < 4.78 is 18.7. The van der Waals surface area contributed by atoms with Crippen molar-refractivity contribution in [1.82, 2.24) is 0 Å². The number of benzene rings is 2. The fourth-order valence-corrected chi connectivity index (χ4v) is 1.95. The van der Waals surface area contributed by atoms with E-state index >= 15 is 0 Å². The molecule has 2 aromatic carbocycles. The first-order valence-corrected chi connectivity index (χ1v) is 6.59. The number of hydrogen-bond acceptors (Lipinski definition) is 2. The van der Waals surface area contributed by atoms with Gasteiger partial charge in [-0.15, -0.1) is 0 Å². The number of anilines is 1. The van der Waals surface area contributed by atoms with Crippen LogP contribution in [-0.4, -0.2) is 6.61 Å². The summed E-state index contributed by atoms with van der Waals surface area (Å²) in [6, 6.07) is 11.9. The lowest BCUT2D eigenvalue weighted by Crippen LogP contribution is -2.04. The van der Waals surface area contributed by atoms with Crippen molar-refractivity contribution >= 4 is 17.3 Å². The van der Waals surface area contributed by atoms with Gasteiger partial charge in [0.05, 0.1) is 10.7 Å². The van der Waals surface area contributed by atoms with E-state index in [4.69, 9.17) is 16.3 Å². The highest BCUT2D eigenvalue weighted by molar-refractivity contribution is 6.33. The first-order chi connectivity index (χ1) is 9.70. The third-order valence-electron chi connectivity index (χ3n) is 2.73. The zero-order chi connectivity index (χ0) is 14.4. The van der Waals surface area contributed by atoms with Crippen LogP contribution >= 0.6 is 11.6 Å². The summed E-state index contributed by atoms with van der Waals surface area (Å²) in [5.41, 5.74) is 1.53. The van der Waals surface area contributed by atoms with Crippen LogP contribution in [0, 0.1) is 5.82 Å². The number of hydrogen-bond donors (Lipinski definition) is 1. The zero-order valence-electron chi connectivity index (χ0n) is 10.9. The Labute approximate surface area is 122 Å². The largest absolute Gasteiger partial charge is 0.489 e. The second kappa shape index (κ2) is 6.96. The Morgan fingerprint density at radius 2 is 2.05 bits per heavy atom. The van der Waals surface area contributed by atoms with E-state index < -0.39 is 0 Å². The Bertz CT molecular complexity index is 601. The molecule has 2 aromatic rings. The zero-order valence-corrected chi connectivity index (χ0v) is 11.7. The Balaban J connectivity index is 2.10. The molecule has 0 aliphatic rings. The van der Waals surface area contributed by atoms with Gasteiger partial charge < -0.3 is 10.1 Å². The summed E-state index contributed by atoms with van der Waals surface area (Å²) in [6.07, 6.45) is 1.69. The molecule has 0 unspecified atom stereocenters. The van der Waals surface area contributed by atoms with Gasteiger partial charge in [0, 0.05) is 12.1 Å². The molecule has 0 radical (unpaired) electrons. The number of para-hydroxylation sites is 1. The minimum atomic E-state index is -0.326.